The number of hydrogen-bond donors (Lipinski definition) is 1. The number of nitrogens with one attached hydrogen (secondary N) is 1. The molecule has 126 valence electrons. The molecule has 1 N–H and O–H groups in total. The van der Waals surface area contributed by atoms with Crippen LogP contribution in [-0.2, 0) is 4.79 Å². The van der Waals surface area contributed by atoms with E-state index in [0.717, 1.165) is 24.2 Å². The molecule has 24 heavy (non-hydrogen) atoms. The zero-order valence-corrected chi connectivity index (χ0v) is 14.1. The molecule has 2 aromatic rings. The van der Waals surface area contributed by atoms with E-state index < -0.39 is 0 Å². The second-order valence-electron chi connectivity index (χ2n) is 6.14. The van der Waals surface area contributed by atoms with Gasteiger partial charge in [-0.25, -0.2) is 0 Å². The lowest BCUT2D eigenvalue weighted by atomic mass is 10.1. The standard InChI is InChI=1S/C18H21N3O3/c1-11(19-18(23)17-12(2)20-24-13(17)3)14-6-4-7-15(10-14)21-9-5-8-16(21)22/h4,6-7,10-11H,5,8-9H2,1-3H3,(H,19,23)/t11-/m1/s1. The minimum atomic E-state index is -0.207. The van der Waals surface area contributed by atoms with Crippen molar-refractivity contribution in [3.05, 3.63) is 46.8 Å². The van der Waals surface area contributed by atoms with E-state index in [9.17, 15) is 9.59 Å². The molecule has 3 rings (SSSR count). The van der Waals surface area contributed by atoms with Gasteiger partial charge in [-0.05, 0) is 44.9 Å². The van der Waals surface area contributed by atoms with E-state index >= 15 is 0 Å². The quantitative estimate of drug-likeness (QED) is 0.937. The van der Waals surface area contributed by atoms with Gasteiger partial charge in [0.25, 0.3) is 5.91 Å². The van der Waals surface area contributed by atoms with Crippen LogP contribution in [0.3, 0.4) is 0 Å². The molecule has 0 spiro atoms. The molecule has 1 aliphatic rings. The second-order valence-corrected chi connectivity index (χ2v) is 6.14. The van der Waals surface area contributed by atoms with Gasteiger partial charge in [0.05, 0.1) is 11.7 Å². The first-order valence-corrected chi connectivity index (χ1v) is 8.11. The number of benzene rings is 1. The Morgan fingerprint density at radius 1 is 1.38 bits per heavy atom. The van der Waals surface area contributed by atoms with Crippen molar-refractivity contribution >= 4 is 17.5 Å². The maximum atomic E-state index is 12.4. The van der Waals surface area contributed by atoms with Gasteiger partial charge in [0, 0.05) is 18.7 Å². The number of amides is 2. The van der Waals surface area contributed by atoms with Crippen LogP contribution in [0.1, 0.15) is 53.2 Å². The summed E-state index contributed by atoms with van der Waals surface area (Å²) in [7, 11) is 0. The Balaban J connectivity index is 1.77. The van der Waals surface area contributed by atoms with Crippen LogP contribution < -0.4 is 10.2 Å². The van der Waals surface area contributed by atoms with Crippen molar-refractivity contribution in [1.82, 2.24) is 10.5 Å². The number of rotatable bonds is 4. The fourth-order valence-electron chi connectivity index (χ4n) is 3.04. The molecular weight excluding hydrogens is 306 g/mol. The van der Waals surface area contributed by atoms with Gasteiger partial charge < -0.3 is 14.7 Å². The van der Waals surface area contributed by atoms with Crippen LogP contribution in [0.5, 0.6) is 0 Å². The number of nitrogens with zero attached hydrogens (tertiary/aromatic N) is 2. The second kappa shape index (κ2) is 6.47. The number of carbonyl (C=O) groups excluding carboxylic acids is 2. The molecule has 1 atom stereocenters. The summed E-state index contributed by atoms with van der Waals surface area (Å²) in [6, 6.07) is 7.55. The van der Waals surface area contributed by atoms with Crippen molar-refractivity contribution in [3.8, 4) is 0 Å². The van der Waals surface area contributed by atoms with Gasteiger partial charge >= 0.3 is 0 Å². The highest BCUT2D eigenvalue weighted by Gasteiger charge is 2.23. The Kier molecular flexibility index (Phi) is 4.38. The van der Waals surface area contributed by atoms with E-state index in [1.165, 1.54) is 0 Å². The van der Waals surface area contributed by atoms with Gasteiger partial charge in [-0.3, -0.25) is 9.59 Å². The zero-order chi connectivity index (χ0) is 17.3. The summed E-state index contributed by atoms with van der Waals surface area (Å²) in [6.45, 7) is 6.14. The van der Waals surface area contributed by atoms with Crippen molar-refractivity contribution in [1.29, 1.82) is 0 Å². The van der Waals surface area contributed by atoms with E-state index in [1.54, 1.807) is 18.7 Å². The first-order chi connectivity index (χ1) is 11.5. The Labute approximate surface area is 140 Å². The number of carbonyl (C=O) groups is 2. The lowest BCUT2D eigenvalue weighted by Crippen LogP contribution is -2.28. The normalized spacial score (nSPS) is 15.6. The predicted octanol–water partition coefficient (Wildman–Crippen LogP) is 2.91. The van der Waals surface area contributed by atoms with Crippen LogP contribution in [0.2, 0.25) is 0 Å². The predicted molar refractivity (Wildman–Crippen MR) is 89.9 cm³/mol. The molecule has 1 aromatic heterocycles. The Hall–Kier alpha value is -2.63. The molecule has 0 unspecified atom stereocenters. The van der Waals surface area contributed by atoms with Gasteiger partial charge in [0.2, 0.25) is 5.91 Å². The molecule has 2 heterocycles. The summed E-state index contributed by atoms with van der Waals surface area (Å²) in [4.78, 5) is 26.1. The molecule has 2 amide bonds. The number of aromatic nitrogens is 1. The Bertz CT molecular complexity index is 762. The van der Waals surface area contributed by atoms with Crippen molar-refractivity contribution in [2.45, 2.75) is 39.7 Å². The number of hydrogen-bond acceptors (Lipinski definition) is 4. The zero-order valence-electron chi connectivity index (χ0n) is 14.1. The summed E-state index contributed by atoms with van der Waals surface area (Å²) >= 11 is 0. The van der Waals surface area contributed by atoms with Gasteiger partial charge in [0.1, 0.15) is 11.3 Å². The van der Waals surface area contributed by atoms with Crippen LogP contribution in [-0.4, -0.2) is 23.5 Å². The van der Waals surface area contributed by atoms with Gasteiger partial charge in [-0.1, -0.05) is 17.3 Å². The summed E-state index contributed by atoms with van der Waals surface area (Å²) < 4.78 is 5.05. The van der Waals surface area contributed by atoms with Gasteiger partial charge in [-0.15, -0.1) is 0 Å². The molecule has 0 saturated carbocycles. The molecule has 6 nitrogen and oxygen atoms in total. The maximum Gasteiger partial charge on any atom is 0.257 e. The van der Waals surface area contributed by atoms with Crippen molar-refractivity contribution < 1.29 is 14.1 Å². The van der Waals surface area contributed by atoms with Crippen LogP contribution in [0.15, 0.2) is 28.8 Å². The van der Waals surface area contributed by atoms with Crippen molar-refractivity contribution in [2.24, 2.45) is 0 Å². The Morgan fingerprint density at radius 3 is 2.79 bits per heavy atom. The molecular formula is C18H21N3O3. The topological polar surface area (TPSA) is 75.4 Å². The summed E-state index contributed by atoms with van der Waals surface area (Å²) in [6.07, 6.45) is 1.49. The lowest BCUT2D eigenvalue weighted by molar-refractivity contribution is -0.117. The van der Waals surface area contributed by atoms with Crippen LogP contribution in [0, 0.1) is 13.8 Å². The molecule has 1 aliphatic heterocycles. The van der Waals surface area contributed by atoms with Crippen LogP contribution in [0.25, 0.3) is 0 Å². The first-order valence-electron chi connectivity index (χ1n) is 8.11. The molecule has 1 aromatic carbocycles. The highest BCUT2D eigenvalue weighted by molar-refractivity contribution is 5.96. The van der Waals surface area contributed by atoms with Gasteiger partial charge in [0.15, 0.2) is 0 Å². The fraction of sp³-hybridized carbons (Fsp3) is 0.389. The smallest absolute Gasteiger partial charge is 0.257 e. The minimum absolute atomic E-state index is 0.152. The molecule has 0 radical (unpaired) electrons. The molecule has 1 saturated heterocycles. The molecule has 0 aliphatic carbocycles. The maximum absolute atomic E-state index is 12.4. The summed E-state index contributed by atoms with van der Waals surface area (Å²) in [5.74, 6) is 0.453. The minimum Gasteiger partial charge on any atom is -0.361 e. The number of anilines is 1. The van der Waals surface area contributed by atoms with E-state index in [1.807, 2.05) is 31.2 Å². The fourth-order valence-corrected chi connectivity index (χ4v) is 3.04. The Morgan fingerprint density at radius 2 is 2.17 bits per heavy atom. The highest BCUT2D eigenvalue weighted by atomic mass is 16.5. The average Bonchev–Trinajstić information content (AvgIpc) is 3.13. The molecule has 1 fully saturated rings. The number of aryl methyl sites for hydroxylation is 2. The van der Waals surface area contributed by atoms with E-state index in [2.05, 4.69) is 10.5 Å². The molecule has 0 bridgehead atoms. The summed E-state index contributed by atoms with van der Waals surface area (Å²) in [5, 5.41) is 6.78. The van der Waals surface area contributed by atoms with Crippen molar-refractivity contribution in [2.75, 3.05) is 11.4 Å². The van der Waals surface area contributed by atoms with Gasteiger partial charge in [-0.2, -0.15) is 0 Å². The third-order valence-corrected chi connectivity index (χ3v) is 4.36. The SMILES string of the molecule is Cc1noc(C)c1C(=O)N[C@H](C)c1cccc(N2CCCC2=O)c1. The van der Waals surface area contributed by atoms with E-state index in [-0.39, 0.29) is 17.9 Å². The van der Waals surface area contributed by atoms with Crippen LogP contribution in [0.4, 0.5) is 5.69 Å². The average molecular weight is 327 g/mol. The molecule has 6 heteroatoms. The van der Waals surface area contributed by atoms with E-state index in [4.69, 9.17) is 4.52 Å². The van der Waals surface area contributed by atoms with Crippen LogP contribution >= 0.6 is 0 Å². The van der Waals surface area contributed by atoms with E-state index in [0.29, 0.717) is 23.4 Å². The third-order valence-electron chi connectivity index (χ3n) is 4.36. The largest absolute Gasteiger partial charge is 0.361 e. The summed E-state index contributed by atoms with van der Waals surface area (Å²) in [5.41, 5.74) is 2.89. The highest BCUT2D eigenvalue weighted by Crippen LogP contribution is 2.25. The third kappa shape index (κ3) is 3.04. The van der Waals surface area contributed by atoms with Crippen molar-refractivity contribution in [3.63, 3.8) is 0 Å². The first kappa shape index (κ1) is 16.2. The lowest BCUT2D eigenvalue weighted by Gasteiger charge is -2.19. The monoisotopic (exact) mass is 327 g/mol.